The van der Waals surface area contributed by atoms with Crippen molar-refractivity contribution >= 4 is 22.5 Å². The van der Waals surface area contributed by atoms with Gasteiger partial charge in [0.25, 0.3) is 0 Å². The first kappa shape index (κ1) is 18.1. The lowest BCUT2D eigenvalue weighted by atomic mass is 10.1. The Labute approximate surface area is 162 Å². The van der Waals surface area contributed by atoms with Gasteiger partial charge in [0.1, 0.15) is 5.82 Å². The summed E-state index contributed by atoms with van der Waals surface area (Å²) in [6.07, 6.45) is 0.947. The first-order chi connectivity index (χ1) is 13.5. The molecule has 0 aliphatic rings. The number of aromatic nitrogens is 3. The fraction of sp³-hybridized carbons (Fsp3) is 0.227. The van der Waals surface area contributed by atoms with Crippen LogP contribution in [0.25, 0.3) is 16.6 Å². The minimum absolute atomic E-state index is 0.0474. The van der Waals surface area contributed by atoms with Crippen LogP contribution in [-0.4, -0.2) is 20.5 Å². The van der Waals surface area contributed by atoms with Crippen LogP contribution in [0.4, 0.5) is 4.39 Å². The molecule has 0 saturated heterocycles. The van der Waals surface area contributed by atoms with Crippen molar-refractivity contribution in [3.8, 4) is 0 Å². The second kappa shape index (κ2) is 7.38. The Kier molecular flexibility index (Phi) is 4.77. The second-order valence-corrected chi connectivity index (χ2v) is 6.92. The predicted octanol–water partition coefficient (Wildman–Crippen LogP) is 3.89. The van der Waals surface area contributed by atoms with Gasteiger partial charge in [0.2, 0.25) is 5.91 Å². The van der Waals surface area contributed by atoms with Gasteiger partial charge in [-0.15, -0.1) is 0 Å². The molecule has 2 aromatic heterocycles. The summed E-state index contributed by atoms with van der Waals surface area (Å²) in [6, 6.07) is 14.1. The Morgan fingerprint density at radius 3 is 2.64 bits per heavy atom. The Hall–Kier alpha value is -3.28. The summed E-state index contributed by atoms with van der Waals surface area (Å²) in [5, 5.41) is 8.56. The quantitative estimate of drug-likeness (QED) is 0.575. The molecule has 0 atom stereocenters. The minimum atomic E-state index is -0.282. The molecular formula is C22H21FN4O. The molecule has 0 fully saturated rings. The third kappa shape index (κ3) is 3.45. The molecule has 142 valence electrons. The maximum atomic E-state index is 12.9. The Morgan fingerprint density at radius 1 is 1.11 bits per heavy atom. The number of carbonyl (C=O) groups is 1. The van der Waals surface area contributed by atoms with Crippen LogP contribution < -0.4 is 5.32 Å². The molecule has 0 aliphatic carbocycles. The molecule has 6 heteroatoms. The van der Waals surface area contributed by atoms with Crippen LogP contribution in [0.5, 0.6) is 0 Å². The summed E-state index contributed by atoms with van der Waals surface area (Å²) in [6.45, 7) is 4.37. The van der Waals surface area contributed by atoms with Gasteiger partial charge in [-0.2, -0.15) is 5.10 Å². The van der Waals surface area contributed by atoms with E-state index in [1.165, 1.54) is 12.1 Å². The van der Waals surface area contributed by atoms with Gasteiger partial charge >= 0.3 is 0 Å². The highest BCUT2D eigenvalue weighted by Gasteiger charge is 2.14. The zero-order chi connectivity index (χ0) is 19.7. The Balaban J connectivity index is 1.49. The Bertz CT molecular complexity index is 1160. The lowest BCUT2D eigenvalue weighted by Gasteiger charge is -2.11. The molecule has 0 radical (unpaired) electrons. The number of benzene rings is 2. The normalized spacial score (nSPS) is 11.2. The van der Waals surface area contributed by atoms with Crippen molar-refractivity contribution in [2.75, 3.05) is 0 Å². The molecule has 1 N–H and O–H groups in total. The molecule has 0 unspecified atom stereocenters. The largest absolute Gasteiger partial charge is 0.352 e. The zero-order valence-corrected chi connectivity index (χ0v) is 15.9. The fourth-order valence-electron chi connectivity index (χ4n) is 3.47. The fourth-order valence-corrected chi connectivity index (χ4v) is 3.47. The molecule has 2 heterocycles. The highest BCUT2D eigenvalue weighted by atomic mass is 19.1. The summed E-state index contributed by atoms with van der Waals surface area (Å²) in [5.74, 6) is -0.330. The van der Waals surface area contributed by atoms with Crippen LogP contribution in [0.1, 0.15) is 28.9 Å². The lowest BCUT2D eigenvalue weighted by molar-refractivity contribution is -0.121. The maximum Gasteiger partial charge on any atom is 0.220 e. The number of rotatable bonds is 5. The summed E-state index contributed by atoms with van der Waals surface area (Å²) in [5.41, 5.74) is 5.58. The van der Waals surface area contributed by atoms with E-state index in [4.69, 9.17) is 4.98 Å². The van der Waals surface area contributed by atoms with E-state index in [2.05, 4.69) is 10.4 Å². The van der Waals surface area contributed by atoms with Crippen molar-refractivity contribution in [2.45, 2.75) is 33.2 Å². The van der Waals surface area contributed by atoms with Gasteiger partial charge in [-0.3, -0.25) is 4.79 Å². The van der Waals surface area contributed by atoms with Gasteiger partial charge in [0.15, 0.2) is 5.65 Å². The van der Waals surface area contributed by atoms with E-state index in [9.17, 15) is 9.18 Å². The van der Waals surface area contributed by atoms with Gasteiger partial charge in [-0.05, 0) is 55.7 Å². The molecule has 1 amide bonds. The van der Waals surface area contributed by atoms with Crippen LogP contribution in [0, 0.1) is 19.7 Å². The molecule has 0 spiro atoms. The zero-order valence-electron chi connectivity index (χ0n) is 15.9. The monoisotopic (exact) mass is 376 g/mol. The number of carbonyl (C=O) groups excluding carboxylic acids is 1. The molecule has 4 aromatic rings. The second-order valence-electron chi connectivity index (χ2n) is 6.92. The van der Waals surface area contributed by atoms with Crippen LogP contribution in [0.15, 0.2) is 48.5 Å². The van der Waals surface area contributed by atoms with E-state index in [-0.39, 0.29) is 11.7 Å². The van der Waals surface area contributed by atoms with Crippen LogP contribution in [0.3, 0.4) is 0 Å². The predicted molar refractivity (Wildman–Crippen MR) is 107 cm³/mol. The lowest BCUT2D eigenvalue weighted by Crippen LogP contribution is -2.23. The van der Waals surface area contributed by atoms with Gasteiger partial charge in [0, 0.05) is 29.7 Å². The van der Waals surface area contributed by atoms with Gasteiger partial charge < -0.3 is 5.32 Å². The third-order valence-corrected chi connectivity index (χ3v) is 5.02. The van der Waals surface area contributed by atoms with Crippen LogP contribution in [-0.2, 0) is 17.8 Å². The molecule has 2 aromatic carbocycles. The van der Waals surface area contributed by atoms with Crippen molar-refractivity contribution in [1.29, 1.82) is 0 Å². The highest BCUT2D eigenvalue weighted by molar-refractivity contribution is 5.92. The van der Waals surface area contributed by atoms with Gasteiger partial charge in [0.05, 0.1) is 5.52 Å². The Morgan fingerprint density at radius 2 is 1.86 bits per heavy atom. The average Bonchev–Trinajstić information content (AvgIpc) is 3.06. The van der Waals surface area contributed by atoms with Crippen molar-refractivity contribution in [3.05, 3.63) is 76.9 Å². The van der Waals surface area contributed by atoms with Crippen molar-refractivity contribution < 1.29 is 9.18 Å². The average molecular weight is 376 g/mol. The first-order valence-electron chi connectivity index (χ1n) is 9.27. The number of nitrogens with one attached hydrogen (secondary N) is 1. The number of aryl methyl sites for hydroxylation is 2. The molecule has 28 heavy (non-hydrogen) atoms. The summed E-state index contributed by atoms with van der Waals surface area (Å²) < 4.78 is 14.8. The SMILES string of the molecule is Cc1nc2c3ccccc3nn2c(C)c1CCC(=O)NCc1ccc(F)cc1. The third-order valence-electron chi connectivity index (χ3n) is 5.02. The first-order valence-corrected chi connectivity index (χ1v) is 9.27. The standard InChI is InChI=1S/C22H21FN4O/c1-14-18(11-12-21(28)24-13-16-7-9-17(23)10-8-16)15(2)27-22(25-14)19-5-3-4-6-20(19)26-27/h3-10H,11-13H2,1-2H3,(H,24,28). The van der Waals surface area contributed by atoms with Crippen molar-refractivity contribution in [1.82, 2.24) is 19.9 Å². The molecule has 4 rings (SSSR count). The number of fused-ring (bicyclic) bond motifs is 3. The van der Waals surface area contributed by atoms with Gasteiger partial charge in [-0.25, -0.2) is 13.9 Å². The van der Waals surface area contributed by atoms with E-state index in [1.807, 2.05) is 42.6 Å². The molecule has 5 nitrogen and oxygen atoms in total. The highest BCUT2D eigenvalue weighted by Crippen LogP contribution is 2.22. The molecule has 0 bridgehead atoms. The smallest absolute Gasteiger partial charge is 0.220 e. The van der Waals surface area contributed by atoms with E-state index < -0.39 is 0 Å². The van der Waals surface area contributed by atoms with E-state index in [0.717, 1.165) is 39.1 Å². The van der Waals surface area contributed by atoms with E-state index in [1.54, 1.807) is 12.1 Å². The van der Waals surface area contributed by atoms with E-state index >= 15 is 0 Å². The molecule has 0 saturated carbocycles. The van der Waals surface area contributed by atoms with Crippen LogP contribution >= 0.6 is 0 Å². The number of halogens is 1. The topological polar surface area (TPSA) is 59.3 Å². The molecular weight excluding hydrogens is 355 g/mol. The number of hydrogen-bond donors (Lipinski definition) is 1. The summed E-state index contributed by atoms with van der Waals surface area (Å²) in [7, 11) is 0. The molecule has 0 aliphatic heterocycles. The minimum Gasteiger partial charge on any atom is -0.352 e. The summed E-state index contributed by atoms with van der Waals surface area (Å²) in [4.78, 5) is 17.0. The van der Waals surface area contributed by atoms with E-state index in [0.29, 0.717) is 19.4 Å². The maximum absolute atomic E-state index is 12.9. The number of hydrogen-bond acceptors (Lipinski definition) is 3. The number of nitrogens with zero attached hydrogens (tertiary/aromatic N) is 3. The van der Waals surface area contributed by atoms with Crippen molar-refractivity contribution in [2.24, 2.45) is 0 Å². The van der Waals surface area contributed by atoms with Gasteiger partial charge in [-0.1, -0.05) is 24.3 Å². The summed E-state index contributed by atoms with van der Waals surface area (Å²) >= 11 is 0. The van der Waals surface area contributed by atoms with Crippen LogP contribution in [0.2, 0.25) is 0 Å². The number of amides is 1. The van der Waals surface area contributed by atoms with Crippen molar-refractivity contribution in [3.63, 3.8) is 0 Å².